The molecule has 12 N–H and O–H groups in total. The van der Waals surface area contributed by atoms with Gasteiger partial charge in [0, 0.05) is 27.5 Å². The standard InChI is InChI=1S/C44H29BO13/c45-33-30(37(50)43(56)44(57)40(33)53)32-36(49)31(38(51)42(55)39(32)52)29-19-10-3-1-8-17(19)28(18-9-2-4-11-20(18)29)23-13-22-16-7-5-6-12-26(16)58-27(22)15-21(23)24-14-25(46)35(48)41(54)34(24)47/h1-15,46-57H,45H2. The zero-order chi connectivity index (χ0) is 41.1. The molecule has 13 nitrogen and oxygen atoms in total. The van der Waals surface area contributed by atoms with Crippen LogP contribution in [-0.4, -0.2) is 69.1 Å². The van der Waals surface area contributed by atoms with Gasteiger partial charge in [0.2, 0.25) is 28.7 Å². The van der Waals surface area contributed by atoms with Gasteiger partial charge in [0.15, 0.2) is 34.5 Å². The average molecular weight is 777 g/mol. The van der Waals surface area contributed by atoms with Gasteiger partial charge in [-0.15, -0.1) is 0 Å². The number of phenolic OH excluding ortho intramolecular Hbond substituents is 12. The first-order valence-corrected chi connectivity index (χ1v) is 17.6. The van der Waals surface area contributed by atoms with Crippen LogP contribution in [0.3, 0.4) is 0 Å². The maximum atomic E-state index is 12.1. The summed E-state index contributed by atoms with van der Waals surface area (Å²) in [5.74, 6) is -11.6. The van der Waals surface area contributed by atoms with E-state index in [4.69, 9.17) is 4.42 Å². The lowest BCUT2D eigenvalue weighted by Gasteiger charge is -2.23. The van der Waals surface area contributed by atoms with Gasteiger partial charge in [0.05, 0.1) is 11.1 Å². The summed E-state index contributed by atoms with van der Waals surface area (Å²) in [6.45, 7) is 0. The summed E-state index contributed by atoms with van der Waals surface area (Å²) < 4.78 is 6.20. The van der Waals surface area contributed by atoms with E-state index in [0.717, 1.165) is 11.5 Å². The number of benzene rings is 8. The van der Waals surface area contributed by atoms with Crippen molar-refractivity contribution in [3.63, 3.8) is 0 Å². The summed E-state index contributed by atoms with van der Waals surface area (Å²) in [5.41, 5.74) is 0.253. The van der Waals surface area contributed by atoms with Gasteiger partial charge in [-0.3, -0.25) is 0 Å². The molecule has 0 saturated heterocycles. The first kappa shape index (κ1) is 35.4. The Bertz CT molecular complexity index is 3190. The third-order valence-corrected chi connectivity index (χ3v) is 10.8. The number of aromatic hydroxyl groups is 12. The van der Waals surface area contributed by atoms with Crippen LogP contribution in [0.25, 0.3) is 88.0 Å². The van der Waals surface area contributed by atoms with Gasteiger partial charge in [-0.25, -0.2) is 0 Å². The molecule has 0 amide bonds. The van der Waals surface area contributed by atoms with E-state index >= 15 is 0 Å². The summed E-state index contributed by atoms with van der Waals surface area (Å²) in [6, 6.07) is 25.5. The molecule has 0 aliphatic heterocycles. The van der Waals surface area contributed by atoms with Gasteiger partial charge in [0.25, 0.3) is 0 Å². The van der Waals surface area contributed by atoms with Crippen LogP contribution in [0.4, 0.5) is 0 Å². The average Bonchev–Trinajstić information content (AvgIpc) is 3.60. The van der Waals surface area contributed by atoms with E-state index in [-0.39, 0.29) is 22.2 Å². The van der Waals surface area contributed by atoms with E-state index in [2.05, 4.69) is 0 Å². The second-order valence-corrected chi connectivity index (χ2v) is 13.9. The molecule has 0 unspecified atom stereocenters. The highest BCUT2D eigenvalue weighted by molar-refractivity contribution is 6.39. The molecule has 1 heterocycles. The van der Waals surface area contributed by atoms with Gasteiger partial charge in [-0.2, -0.15) is 0 Å². The number of furan rings is 1. The second kappa shape index (κ2) is 12.4. The van der Waals surface area contributed by atoms with Gasteiger partial charge in [-0.05, 0) is 68.0 Å². The zero-order valence-corrected chi connectivity index (χ0v) is 29.9. The van der Waals surface area contributed by atoms with E-state index in [1.165, 1.54) is 7.85 Å². The summed E-state index contributed by atoms with van der Waals surface area (Å²) >= 11 is 0. The van der Waals surface area contributed by atoms with Crippen LogP contribution < -0.4 is 5.46 Å². The fraction of sp³-hybridized carbons (Fsp3) is 0. The van der Waals surface area contributed by atoms with E-state index in [1.54, 1.807) is 66.7 Å². The molecule has 0 aliphatic rings. The molecule has 0 radical (unpaired) electrons. The third-order valence-electron chi connectivity index (χ3n) is 10.8. The molecular formula is C44H29BO13. The molecule has 0 spiro atoms. The summed E-state index contributed by atoms with van der Waals surface area (Å²) in [6.07, 6.45) is 0. The SMILES string of the molecule is Bc1c(O)c(O)c(O)c(O)c1-c1c(O)c(O)c(O)c(-c2c3ccccc3c(-c3cc4c(cc3-c3cc(O)c(O)c(O)c3O)oc3ccccc34)c3ccccc23)c1O. The van der Waals surface area contributed by atoms with Crippen molar-refractivity contribution < 1.29 is 65.7 Å². The number of hydrogen-bond donors (Lipinski definition) is 12. The minimum atomic E-state index is -1.18. The Morgan fingerprint density at radius 3 is 1.38 bits per heavy atom. The first-order valence-electron chi connectivity index (χ1n) is 17.6. The Labute approximate surface area is 326 Å². The van der Waals surface area contributed by atoms with Gasteiger partial charge >= 0.3 is 0 Å². The number of fused-ring (bicyclic) bond motifs is 5. The van der Waals surface area contributed by atoms with Crippen molar-refractivity contribution in [2.75, 3.05) is 0 Å². The van der Waals surface area contributed by atoms with Crippen molar-refractivity contribution in [2.45, 2.75) is 0 Å². The van der Waals surface area contributed by atoms with Crippen molar-refractivity contribution in [3.05, 3.63) is 91.0 Å². The quantitative estimate of drug-likeness (QED) is 0.0363. The van der Waals surface area contributed by atoms with Gasteiger partial charge in [-0.1, -0.05) is 66.7 Å². The van der Waals surface area contributed by atoms with E-state index in [1.807, 2.05) is 18.2 Å². The smallest absolute Gasteiger partial charge is 0.204 e. The molecule has 0 atom stereocenters. The predicted molar refractivity (Wildman–Crippen MR) is 219 cm³/mol. The van der Waals surface area contributed by atoms with Crippen LogP contribution in [0.5, 0.6) is 69.0 Å². The lowest BCUT2D eigenvalue weighted by molar-refractivity contribution is 0.347. The molecule has 1 aromatic heterocycles. The first-order chi connectivity index (χ1) is 27.7. The topological polar surface area (TPSA) is 256 Å². The number of rotatable bonds is 4. The molecule has 0 bridgehead atoms. The molecule has 58 heavy (non-hydrogen) atoms. The Hall–Kier alpha value is -8.26. The number of phenols is 12. The lowest BCUT2D eigenvalue weighted by atomic mass is 9.80. The van der Waals surface area contributed by atoms with E-state index in [0.29, 0.717) is 49.2 Å². The Balaban J connectivity index is 1.46. The molecule has 9 rings (SSSR count). The molecule has 8 aromatic carbocycles. The second-order valence-electron chi connectivity index (χ2n) is 13.9. The fourth-order valence-corrected chi connectivity index (χ4v) is 8.02. The predicted octanol–water partition coefficient (Wildman–Crippen LogP) is 7.29. The molecule has 0 fully saturated rings. The monoisotopic (exact) mass is 776 g/mol. The molecule has 0 saturated carbocycles. The van der Waals surface area contributed by atoms with Crippen LogP contribution in [0.1, 0.15) is 0 Å². The number of hydrogen-bond acceptors (Lipinski definition) is 13. The van der Waals surface area contributed by atoms with Crippen LogP contribution in [-0.2, 0) is 0 Å². The molecule has 9 aromatic rings. The van der Waals surface area contributed by atoms with Crippen LogP contribution in [0.2, 0.25) is 0 Å². The Morgan fingerprint density at radius 2 is 0.776 bits per heavy atom. The van der Waals surface area contributed by atoms with Crippen molar-refractivity contribution >= 4 is 56.8 Å². The minimum Gasteiger partial charge on any atom is -0.506 e. The zero-order valence-electron chi connectivity index (χ0n) is 29.9. The Morgan fingerprint density at radius 1 is 0.310 bits per heavy atom. The Kier molecular flexibility index (Phi) is 7.57. The maximum Gasteiger partial charge on any atom is 0.204 e. The molecule has 286 valence electrons. The summed E-state index contributed by atoms with van der Waals surface area (Å²) in [5, 5.41) is 134. The highest BCUT2D eigenvalue weighted by atomic mass is 16.4. The van der Waals surface area contributed by atoms with Crippen LogP contribution in [0.15, 0.2) is 95.4 Å². The maximum absolute atomic E-state index is 12.1. The minimum absolute atomic E-state index is 0.0682. The number of para-hydroxylation sites is 1. The van der Waals surface area contributed by atoms with Crippen molar-refractivity contribution in [1.29, 1.82) is 0 Å². The van der Waals surface area contributed by atoms with Gasteiger partial charge < -0.3 is 65.7 Å². The highest BCUT2D eigenvalue weighted by Crippen LogP contribution is 2.61. The highest BCUT2D eigenvalue weighted by Gasteiger charge is 2.33. The molecular weight excluding hydrogens is 747 g/mol. The summed E-state index contributed by atoms with van der Waals surface area (Å²) in [4.78, 5) is 0. The summed E-state index contributed by atoms with van der Waals surface area (Å²) in [7, 11) is 1.22. The normalized spacial score (nSPS) is 11.7. The van der Waals surface area contributed by atoms with Crippen molar-refractivity contribution in [3.8, 4) is 114 Å². The lowest BCUT2D eigenvalue weighted by Crippen LogP contribution is -2.09. The third kappa shape index (κ3) is 4.72. The molecule has 14 heteroatoms. The molecule has 0 aliphatic carbocycles. The van der Waals surface area contributed by atoms with Crippen molar-refractivity contribution in [1.82, 2.24) is 0 Å². The largest absolute Gasteiger partial charge is 0.506 e. The van der Waals surface area contributed by atoms with E-state index < -0.39 is 85.7 Å². The van der Waals surface area contributed by atoms with Crippen LogP contribution >= 0.6 is 0 Å². The fourth-order valence-electron chi connectivity index (χ4n) is 8.02. The van der Waals surface area contributed by atoms with Gasteiger partial charge in [0.1, 0.15) is 24.8 Å². The van der Waals surface area contributed by atoms with E-state index in [9.17, 15) is 61.3 Å². The van der Waals surface area contributed by atoms with Crippen LogP contribution in [0, 0.1) is 0 Å². The van der Waals surface area contributed by atoms with Crippen molar-refractivity contribution in [2.24, 2.45) is 0 Å².